The van der Waals surface area contributed by atoms with Gasteiger partial charge in [-0.1, -0.05) is 86.1 Å². The average Bonchev–Trinajstić information content (AvgIpc) is 2.88. The van der Waals surface area contributed by atoms with E-state index in [-0.39, 0.29) is 23.4 Å². The molecule has 0 saturated heterocycles. The van der Waals surface area contributed by atoms with E-state index in [1.165, 1.54) is 23.9 Å². The van der Waals surface area contributed by atoms with E-state index in [1.54, 1.807) is 17.0 Å². The molecule has 4 nitrogen and oxygen atoms in total. The first-order valence-corrected chi connectivity index (χ1v) is 13.2. The van der Waals surface area contributed by atoms with E-state index in [1.807, 2.05) is 60.7 Å². The summed E-state index contributed by atoms with van der Waals surface area (Å²) in [6.45, 7) is 3.03. The molecule has 0 bridgehead atoms. The minimum absolute atomic E-state index is 0.0902. The molecule has 3 aromatic carbocycles. The zero-order chi connectivity index (χ0) is 24.9. The lowest BCUT2D eigenvalue weighted by Crippen LogP contribution is -2.51. The third-order valence-corrected chi connectivity index (χ3v) is 6.69. The Hall–Kier alpha value is -3.12. The van der Waals surface area contributed by atoms with Gasteiger partial charge in [-0.2, -0.15) is 0 Å². The maximum Gasteiger partial charge on any atom is 0.243 e. The van der Waals surface area contributed by atoms with Gasteiger partial charge in [-0.05, 0) is 35.2 Å². The SMILES string of the molecule is CCCCNC(=O)[C@H](Cc1ccccc1)N(Cc1ccccc1)C(=O)CSCc1ccc(F)cc1. The second kappa shape index (κ2) is 14.3. The molecule has 0 radical (unpaired) electrons. The van der Waals surface area contributed by atoms with Crippen molar-refractivity contribution in [3.63, 3.8) is 0 Å². The van der Waals surface area contributed by atoms with Crippen molar-refractivity contribution in [3.8, 4) is 0 Å². The second-order valence-electron chi connectivity index (χ2n) is 8.48. The Bertz CT molecular complexity index is 1050. The van der Waals surface area contributed by atoms with Crippen molar-refractivity contribution in [2.45, 2.75) is 44.5 Å². The van der Waals surface area contributed by atoms with Gasteiger partial charge in [0.25, 0.3) is 0 Å². The lowest BCUT2D eigenvalue weighted by Gasteiger charge is -2.31. The van der Waals surface area contributed by atoms with Crippen LogP contribution in [0.3, 0.4) is 0 Å². The summed E-state index contributed by atoms with van der Waals surface area (Å²) in [7, 11) is 0. The van der Waals surface area contributed by atoms with Crippen molar-refractivity contribution < 1.29 is 14.0 Å². The van der Waals surface area contributed by atoms with E-state index in [0.717, 1.165) is 29.5 Å². The van der Waals surface area contributed by atoms with Crippen LogP contribution in [0.1, 0.15) is 36.5 Å². The summed E-state index contributed by atoms with van der Waals surface area (Å²) in [5, 5.41) is 3.04. The normalized spacial score (nSPS) is 11.6. The van der Waals surface area contributed by atoms with E-state index in [2.05, 4.69) is 12.2 Å². The largest absolute Gasteiger partial charge is 0.354 e. The van der Waals surface area contributed by atoms with Crippen molar-refractivity contribution in [1.29, 1.82) is 0 Å². The van der Waals surface area contributed by atoms with Crippen molar-refractivity contribution >= 4 is 23.6 Å². The second-order valence-corrected chi connectivity index (χ2v) is 9.46. The Labute approximate surface area is 211 Å². The van der Waals surface area contributed by atoms with Gasteiger partial charge in [-0.15, -0.1) is 11.8 Å². The highest BCUT2D eigenvalue weighted by molar-refractivity contribution is 7.99. The number of hydrogen-bond donors (Lipinski definition) is 1. The summed E-state index contributed by atoms with van der Waals surface area (Å²) in [5.74, 6) is 0.332. The number of thioether (sulfide) groups is 1. The van der Waals surface area contributed by atoms with Gasteiger partial charge in [-0.25, -0.2) is 4.39 Å². The molecule has 0 saturated carbocycles. The number of nitrogens with zero attached hydrogens (tertiary/aromatic N) is 1. The molecule has 6 heteroatoms. The summed E-state index contributed by atoms with van der Waals surface area (Å²) in [4.78, 5) is 28.6. The molecule has 35 heavy (non-hydrogen) atoms. The molecule has 0 aliphatic carbocycles. The van der Waals surface area contributed by atoms with Crippen LogP contribution in [0.4, 0.5) is 4.39 Å². The Kier molecular flexibility index (Phi) is 10.8. The van der Waals surface area contributed by atoms with Gasteiger partial charge in [0.05, 0.1) is 5.75 Å². The highest BCUT2D eigenvalue weighted by Crippen LogP contribution is 2.19. The maximum atomic E-state index is 13.5. The van der Waals surface area contributed by atoms with Gasteiger partial charge in [-0.3, -0.25) is 9.59 Å². The third kappa shape index (κ3) is 8.87. The Balaban J connectivity index is 1.79. The molecule has 184 valence electrons. The predicted octanol–water partition coefficient (Wildman–Crippen LogP) is 5.62. The molecule has 1 N–H and O–H groups in total. The van der Waals surface area contributed by atoms with Crippen LogP contribution in [0, 0.1) is 5.82 Å². The standard InChI is InChI=1S/C29H33FN2O2S/c1-2-3-18-31-29(34)27(19-23-10-6-4-7-11-23)32(20-24-12-8-5-9-13-24)28(33)22-35-21-25-14-16-26(30)17-15-25/h4-17,27H,2-3,18-22H2,1H3,(H,31,34)/t27-/m0/s1. The van der Waals surface area contributed by atoms with Gasteiger partial charge in [0.1, 0.15) is 11.9 Å². The summed E-state index contributed by atoms with van der Waals surface area (Å²) < 4.78 is 13.2. The molecule has 0 heterocycles. The fourth-order valence-electron chi connectivity index (χ4n) is 3.76. The molecule has 0 aliphatic rings. The third-order valence-electron chi connectivity index (χ3n) is 5.70. The minimum atomic E-state index is -0.617. The zero-order valence-corrected chi connectivity index (χ0v) is 21.0. The van der Waals surface area contributed by atoms with Crippen LogP contribution in [0.5, 0.6) is 0 Å². The van der Waals surface area contributed by atoms with Crippen molar-refractivity contribution in [3.05, 3.63) is 107 Å². The highest BCUT2D eigenvalue weighted by Gasteiger charge is 2.30. The summed E-state index contributed by atoms with van der Waals surface area (Å²) >= 11 is 1.47. The maximum absolute atomic E-state index is 13.5. The Morgan fingerprint density at radius 3 is 2.14 bits per heavy atom. The lowest BCUT2D eigenvalue weighted by atomic mass is 10.0. The van der Waals surface area contributed by atoms with Crippen LogP contribution in [-0.2, 0) is 28.3 Å². The van der Waals surface area contributed by atoms with Crippen molar-refractivity contribution in [1.82, 2.24) is 10.2 Å². The molecule has 0 aliphatic heterocycles. The number of hydrogen-bond acceptors (Lipinski definition) is 3. The van der Waals surface area contributed by atoms with Gasteiger partial charge >= 0.3 is 0 Å². The van der Waals surface area contributed by atoms with Crippen molar-refractivity contribution in [2.75, 3.05) is 12.3 Å². The average molecular weight is 493 g/mol. The van der Waals surface area contributed by atoms with Crippen LogP contribution in [0.25, 0.3) is 0 Å². The number of halogens is 1. The molecule has 1 atom stereocenters. The molecular weight excluding hydrogens is 459 g/mol. The van der Waals surface area contributed by atoms with E-state index in [0.29, 0.717) is 25.3 Å². The van der Waals surface area contributed by atoms with E-state index >= 15 is 0 Å². The van der Waals surface area contributed by atoms with Gasteiger partial charge in [0.2, 0.25) is 11.8 Å². The molecule has 3 aromatic rings. The quantitative estimate of drug-likeness (QED) is 0.315. The highest BCUT2D eigenvalue weighted by atomic mass is 32.2. The molecular formula is C29H33FN2O2S. The number of unbranched alkanes of at least 4 members (excludes halogenated alkanes) is 1. The topological polar surface area (TPSA) is 49.4 Å². The molecule has 3 rings (SSSR count). The number of carbonyl (C=O) groups is 2. The number of rotatable bonds is 13. The molecule has 0 unspecified atom stereocenters. The predicted molar refractivity (Wildman–Crippen MR) is 141 cm³/mol. The summed E-state index contributed by atoms with van der Waals surface area (Å²) in [6.07, 6.45) is 2.32. The van der Waals surface area contributed by atoms with Crippen LogP contribution in [0.15, 0.2) is 84.9 Å². The summed E-state index contributed by atoms with van der Waals surface area (Å²) in [6, 6.07) is 25.3. The van der Waals surface area contributed by atoms with Gasteiger partial charge in [0.15, 0.2) is 0 Å². The number of nitrogens with one attached hydrogen (secondary N) is 1. The van der Waals surface area contributed by atoms with Crippen LogP contribution < -0.4 is 5.32 Å². The van der Waals surface area contributed by atoms with E-state index < -0.39 is 6.04 Å². The summed E-state index contributed by atoms with van der Waals surface area (Å²) in [5.41, 5.74) is 2.94. The fourth-order valence-corrected chi connectivity index (χ4v) is 4.63. The fraction of sp³-hybridized carbons (Fsp3) is 0.310. The monoisotopic (exact) mass is 492 g/mol. The first kappa shape index (κ1) is 26.5. The van der Waals surface area contributed by atoms with E-state index in [9.17, 15) is 14.0 Å². The Morgan fingerprint density at radius 1 is 0.886 bits per heavy atom. The smallest absolute Gasteiger partial charge is 0.243 e. The number of carbonyl (C=O) groups excluding carboxylic acids is 2. The van der Waals surface area contributed by atoms with Crippen LogP contribution in [0.2, 0.25) is 0 Å². The molecule has 0 aromatic heterocycles. The van der Waals surface area contributed by atoms with Gasteiger partial charge in [0, 0.05) is 25.3 Å². The number of amides is 2. The molecule has 0 spiro atoms. The Morgan fingerprint density at radius 2 is 1.51 bits per heavy atom. The first-order chi connectivity index (χ1) is 17.1. The van der Waals surface area contributed by atoms with Crippen LogP contribution in [-0.4, -0.2) is 35.1 Å². The minimum Gasteiger partial charge on any atom is -0.354 e. The first-order valence-electron chi connectivity index (χ1n) is 12.0. The van der Waals surface area contributed by atoms with Crippen LogP contribution >= 0.6 is 11.8 Å². The van der Waals surface area contributed by atoms with Gasteiger partial charge < -0.3 is 10.2 Å². The lowest BCUT2D eigenvalue weighted by molar-refractivity contribution is -0.139. The molecule has 2 amide bonds. The van der Waals surface area contributed by atoms with E-state index in [4.69, 9.17) is 0 Å². The zero-order valence-electron chi connectivity index (χ0n) is 20.2. The van der Waals surface area contributed by atoms with Crippen molar-refractivity contribution in [2.24, 2.45) is 0 Å². The number of benzene rings is 3. The molecule has 0 fully saturated rings.